The summed E-state index contributed by atoms with van der Waals surface area (Å²) in [6.07, 6.45) is 90.6. The molecule has 0 aliphatic heterocycles. The van der Waals surface area contributed by atoms with Gasteiger partial charge in [-0.2, -0.15) is 0 Å². The first-order chi connectivity index (χ1) is 41.0. The van der Waals surface area contributed by atoms with E-state index in [4.69, 9.17) is 14.2 Å². The Balaban J connectivity index is 4.06. The van der Waals surface area contributed by atoms with Gasteiger partial charge in [-0.25, -0.2) is 0 Å². The van der Waals surface area contributed by atoms with Crippen molar-refractivity contribution in [1.82, 2.24) is 0 Å². The topological polar surface area (TPSA) is 78.9 Å². The van der Waals surface area contributed by atoms with Gasteiger partial charge in [0.2, 0.25) is 0 Å². The first kappa shape index (κ1) is 80.6. The maximum atomic E-state index is 12.9. The molecule has 0 aromatic heterocycles. The van der Waals surface area contributed by atoms with Crippen LogP contribution in [0.15, 0.2) is 36.5 Å². The van der Waals surface area contributed by atoms with Crippen molar-refractivity contribution in [3.05, 3.63) is 36.5 Å². The smallest absolute Gasteiger partial charge is 0.306 e. The molecule has 0 fully saturated rings. The lowest BCUT2D eigenvalue weighted by Crippen LogP contribution is -2.30. The Labute approximate surface area is 518 Å². The van der Waals surface area contributed by atoms with Gasteiger partial charge in [-0.15, -0.1) is 0 Å². The second-order valence-corrected chi connectivity index (χ2v) is 25.6. The summed E-state index contributed by atoms with van der Waals surface area (Å²) in [4.78, 5) is 38.4. The molecule has 0 aromatic rings. The molecule has 6 nitrogen and oxygen atoms in total. The van der Waals surface area contributed by atoms with E-state index in [0.717, 1.165) is 70.6 Å². The van der Waals surface area contributed by atoms with Crippen LogP contribution in [0.5, 0.6) is 0 Å². The van der Waals surface area contributed by atoms with Gasteiger partial charge in [-0.1, -0.05) is 359 Å². The zero-order chi connectivity index (χ0) is 59.9. The molecule has 0 aliphatic carbocycles. The predicted molar refractivity (Wildman–Crippen MR) is 362 cm³/mol. The van der Waals surface area contributed by atoms with Crippen molar-refractivity contribution >= 4 is 17.9 Å². The summed E-state index contributed by atoms with van der Waals surface area (Å²) in [7, 11) is 0. The minimum Gasteiger partial charge on any atom is -0.462 e. The second kappa shape index (κ2) is 72.1. The number of allylic oxidation sites excluding steroid dienone is 6. The summed E-state index contributed by atoms with van der Waals surface area (Å²) in [5.74, 6) is -0.848. The number of ether oxygens (including phenoxy) is 3. The lowest BCUT2D eigenvalue weighted by atomic mass is 10.0. The first-order valence-corrected chi connectivity index (χ1v) is 37.5. The predicted octanol–water partition coefficient (Wildman–Crippen LogP) is 25.9. The molecule has 0 heterocycles. The molecule has 0 saturated heterocycles. The van der Waals surface area contributed by atoms with E-state index in [1.165, 1.54) is 308 Å². The highest BCUT2D eigenvalue weighted by Crippen LogP contribution is 2.19. The summed E-state index contributed by atoms with van der Waals surface area (Å²) in [5.41, 5.74) is 0. The highest BCUT2D eigenvalue weighted by atomic mass is 16.6. The Morgan fingerprint density at radius 1 is 0.241 bits per heavy atom. The van der Waals surface area contributed by atoms with Gasteiger partial charge >= 0.3 is 17.9 Å². The summed E-state index contributed by atoms with van der Waals surface area (Å²) in [6.45, 7) is 6.68. The van der Waals surface area contributed by atoms with Crippen LogP contribution in [-0.4, -0.2) is 37.2 Å². The van der Waals surface area contributed by atoms with Crippen LogP contribution in [0.2, 0.25) is 0 Å². The van der Waals surface area contributed by atoms with Gasteiger partial charge in [0.1, 0.15) is 13.2 Å². The molecular weight excluding hydrogens is 1020 g/mol. The van der Waals surface area contributed by atoms with E-state index in [0.29, 0.717) is 19.3 Å². The van der Waals surface area contributed by atoms with Crippen molar-refractivity contribution in [2.75, 3.05) is 13.2 Å². The number of esters is 3. The molecule has 488 valence electrons. The highest BCUT2D eigenvalue weighted by molar-refractivity contribution is 5.71. The maximum Gasteiger partial charge on any atom is 0.306 e. The van der Waals surface area contributed by atoms with Gasteiger partial charge in [0.05, 0.1) is 0 Å². The normalized spacial score (nSPS) is 12.2. The van der Waals surface area contributed by atoms with Gasteiger partial charge in [0, 0.05) is 19.3 Å². The summed E-state index contributed by atoms with van der Waals surface area (Å²) in [5, 5.41) is 0. The van der Waals surface area contributed by atoms with Gasteiger partial charge < -0.3 is 14.2 Å². The van der Waals surface area contributed by atoms with Crippen LogP contribution in [0.25, 0.3) is 0 Å². The number of carbonyl (C=O) groups is 3. The van der Waals surface area contributed by atoms with E-state index in [2.05, 4.69) is 57.2 Å². The van der Waals surface area contributed by atoms with E-state index >= 15 is 0 Å². The number of unbranched alkanes of at least 4 members (excludes halogenated alkanes) is 53. The second-order valence-electron chi connectivity index (χ2n) is 25.6. The Kier molecular flexibility index (Phi) is 70.0. The van der Waals surface area contributed by atoms with Crippen LogP contribution in [0.4, 0.5) is 0 Å². The Morgan fingerprint density at radius 3 is 0.687 bits per heavy atom. The number of carbonyl (C=O) groups excluding carboxylic acids is 3. The Hall–Kier alpha value is -2.37. The van der Waals surface area contributed by atoms with Crippen LogP contribution < -0.4 is 0 Å². The molecule has 0 saturated carbocycles. The number of hydrogen-bond acceptors (Lipinski definition) is 6. The van der Waals surface area contributed by atoms with Gasteiger partial charge in [-0.05, 0) is 77.0 Å². The quantitative estimate of drug-likeness (QED) is 0.0261. The molecular formula is C77H144O6. The molecule has 0 amide bonds. The molecule has 0 aromatic carbocycles. The molecule has 0 rings (SSSR count). The van der Waals surface area contributed by atoms with Gasteiger partial charge in [0.15, 0.2) is 6.10 Å². The first-order valence-electron chi connectivity index (χ1n) is 37.5. The summed E-state index contributed by atoms with van der Waals surface area (Å²) < 4.78 is 17.0. The van der Waals surface area contributed by atoms with Crippen LogP contribution in [0.1, 0.15) is 419 Å². The fraction of sp³-hybridized carbons (Fsp3) is 0.883. The third-order valence-electron chi connectivity index (χ3n) is 17.1. The minimum atomic E-state index is -0.773. The molecule has 0 aliphatic rings. The zero-order valence-electron chi connectivity index (χ0n) is 56.2. The monoisotopic (exact) mass is 1170 g/mol. The molecule has 1 unspecified atom stereocenters. The molecule has 0 spiro atoms. The third kappa shape index (κ3) is 70.3. The maximum absolute atomic E-state index is 12.9. The van der Waals surface area contributed by atoms with Crippen LogP contribution >= 0.6 is 0 Å². The van der Waals surface area contributed by atoms with Crippen LogP contribution in [0, 0.1) is 0 Å². The third-order valence-corrected chi connectivity index (χ3v) is 17.1. The standard InChI is InChI=1S/C77H144O6/c1-4-7-10-13-16-19-22-25-27-29-31-32-33-34-35-36-37-38-39-40-41-42-43-44-45-46-47-49-50-52-55-58-61-64-67-70-76(79)82-73-74(72-81-75(78)69-66-63-60-57-54-24-21-18-15-12-9-6-3)83-77(80)71-68-65-62-59-56-53-51-48-30-28-26-23-20-17-14-11-8-5-2/h20,23,28-31,74H,4-19,21-22,24-27,32-73H2,1-3H3/b23-20-,30-28-,31-29-. The Bertz CT molecular complexity index is 1380. The van der Waals surface area contributed by atoms with Crippen molar-refractivity contribution in [3.8, 4) is 0 Å². The van der Waals surface area contributed by atoms with Crippen molar-refractivity contribution < 1.29 is 28.6 Å². The fourth-order valence-electron chi connectivity index (χ4n) is 11.5. The van der Waals surface area contributed by atoms with Gasteiger partial charge in [-0.3, -0.25) is 14.4 Å². The highest BCUT2D eigenvalue weighted by Gasteiger charge is 2.20. The van der Waals surface area contributed by atoms with Gasteiger partial charge in [0.25, 0.3) is 0 Å². The SMILES string of the molecule is CCCCCC/C=C\C/C=C\CCCCCCCCCC(=O)OC(COC(=O)CCCCCCCCCCCCCC)COC(=O)CCCCCCCCCCCCCCCCCCCCCCCCC/C=C\CCCCCCCCCC. The lowest BCUT2D eigenvalue weighted by Gasteiger charge is -2.18. The average molecular weight is 1170 g/mol. The van der Waals surface area contributed by atoms with E-state index < -0.39 is 6.10 Å². The largest absolute Gasteiger partial charge is 0.462 e. The van der Waals surface area contributed by atoms with Crippen molar-refractivity contribution in [2.45, 2.75) is 425 Å². The minimum absolute atomic E-state index is 0.0694. The van der Waals surface area contributed by atoms with E-state index in [-0.39, 0.29) is 31.1 Å². The molecule has 83 heavy (non-hydrogen) atoms. The van der Waals surface area contributed by atoms with E-state index in [1.54, 1.807) is 0 Å². The Morgan fingerprint density at radius 2 is 0.434 bits per heavy atom. The van der Waals surface area contributed by atoms with Crippen LogP contribution in [0.3, 0.4) is 0 Å². The van der Waals surface area contributed by atoms with E-state index in [9.17, 15) is 14.4 Å². The van der Waals surface area contributed by atoms with E-state index in [1.807, 2.05) is 0 Å². The molecule has 1 atom stereocenters. The van der Waals surface area contributed by atoms with Crippen molar-refractivity contribution in [1.29, 1.82) is 0 Å². The van der Waals surface area contributed by atoms with Crippen LogP contribution in [-0.2, 0) is 28.6 Å². The zero-order valence-corrected chi connectivity index (χ0v) is 56.2. The molecule has 0 radical (unpaired) electrons. The lowest BCUT2D eigenvalue weighted by molar-refractivity contribution is -0.167. The summed E-state index contributed by atoms with van der Waals surface area (Å²) >= 11 is 0. The number of rotatable bonds is 70. The van der Waals surface area contributed by atoms with Crippen molar-refractivity contribution in [3.63, 3.8) is 0 Å². The summed E-state index contributed by atoms with van der Waals surface area (Å²) in [6, 6.07) is 0. The molecule has 0 N–H and O–H groups in total. The van der Waals surface area contributed by atoms with Crippen molar-refractivity contribution in [2.24, 2.45) is 0 Å². The molecule has 0 bridgehead atoms. The fourth-order valence-corrected chi connectivity index (χ4v) is 11.5. The number of hydrogen-bond donors (Lipinski definition) is 0. The average Bonchev–Trinajstić information content (AvgIpc) is 3.49. The molecule has 6 heteroatoms.